The molecule has 1 aromatic carbocycles. The fraction of sp³-hybridized carbons (Fsp3) is 0.409. The first-order valence-corrected chi connectivity index (χ1v) is 10.3. The number of aromatic nitrogens is 2. The molecule has 0 fully saturated rings. The smallest absolute Gasteiger partial charge is 0.273 e. The molecule has 9 nitrogen and oxygen atoms in total. The number of nitriles is 1. The number of benzene rings is 1. The first-order chi connectivity index (χ1) is 14.7. The van der Waals surface area contributed by atoms with Crippen LogP contribution in [0.15, 0.2) is 24.3 Å². The van der Waals surface area contributed by atoms with Crippen LogP contribution in [-0.4, -0.2) is 45.6 Å². The third-order valence-corrected chi connectivity index (χ3v) is 5.14. The second kappa shape index (κ2) is 9.00. The molecule has 31 heavy (non-hydrogen) atoms. The molecule has 3 rings (SSSR count). The van der Waals surface area contributed by atoms with Gasteiger partial charge in [-0.05, 0) is 31.2 Å². The maximum atomic E-state index is 13.0. The van der Waals surface area contributed by atoms with Crippen molar-refractivity contribution in [3.63, 3.8) is 0 Å². The molecular formula is C22H26N6O3. The van der Waals surface area contributed by atoms with Crippen LogP contribution < -0.4 is 10.6 Å². The van der Waals surface area contributed by atoms with E-state index in [1.807, 2.05) is 6.92 Å². The summed E-state index contributed by atoms with van der Waals surface area (Å²) in [5, 5.41) is 19.4. The van der Waals surface area contributed by atoms with E-state index >= 15 is 0 Å². The van der Waals surface area contributed by atoms with E-state index in [0.29, 0.717) is 41.2 Å². The zero-order valence-electron chi connectivity index (χ0n) is 18.1. The van der Waals surface area contributed by atoms with Gasteiger partial charge in [-0.2, -0.15) is 10.4 Å². The van der Waals surface area contributed by atoms with E-state index in [1.165, 1.54) is 0 Å². The van der Waals surface area contributed by atoms with E-state index in [4.69, 9.17) is 0 Å². The highest BCUT2D eigenvalue weighted by Gasteiger charge is 2.31. The monoisotopic (exact) mass is 422 g/mol. The van der Waals surface area contributed by atoms with Gasteiger partial charge in [0.05, 0.1) is 35.7 Å². The van der Waals surface area contributed by atoms with Crippen LogP contribution in [0.3, 0.4) is 0 Å². The molecule has 0 spiro atoms. The standard InChI is InChI=1S/C22H26N6O3/c1-5-20(29)24-12-27-11-14(4)28-19(22(27)31)9-18(26-28)16-7-6-15(10-23)8-17(16)25-21(30)13(2)3/h6-9,13-14H,5,11-12H2,1-4H3,(H,24,29)(H,25,30)/t14-/m0/s1. The zero-order chi connectivity index (χ0) is 22.7. The Balaban J connectivity index is 1.96. The molecule has 9 heteroatoms. The molecule has 0 aliphatic carbocycles. The predicted octanol–water partition coefficient (Wildman–Crippen LogP) is 2.52. The number of rotatable bonds is 6. The second-order valence-corrected chi connectivity index (χ2v) is 7.86. The Bertz CT molecular complexity index is 1070. The number of hydrogen-bond acceptors (Lipinski definition) is 5. The first kappa shape index (κ1) is 22.0. The minimum absolute atomic E-state index is 0.0907. The average molecular weight is 422 g/mol. The molecule has 0 unspecified atom stereocenters. The summed E-state index contributed by atoms with van der Waals surface area (Å²) in [7, 11) is 0. The molecule has 1 aliphatic heterocycles. The summed E-state index contributed by atoms with van der Waals surface area (Å²) in [6.45, 7) is 7.83. The van der Waals surface area contributed by atoms with E-state index in [-0.39, 0.29) is 36.3 Å². The van der Waals surface area contributed by atoms with Gasteiger partial charge in [-0.1, -0.05) is 20.8 Å². The molecule has 0 radical (unpaired) electrons. The molecule has 1 atom stereocenters. The summed E-state index contributed by atoms with van der Waals surface area (Å²) in [6.07, 6.45) is 0.350. The summed E-state index contributed by atoms with van der Waals surface area (Å²) in [5.74, 6) is -0.761. The van der Waals surface area contributed by atoms with Gasteiger partial charge in [0, 0.05) is 24.4 Å². The molecule has 2 aromatic rings. The van der Waals surface area contributed by atoms with Gasteiger partial charge in [-0.15, -0.1) is 0 Å². The van der Waals surface area contributed by atoms with Crippen molar-refractivity contribution in [2.24, 2.45) is 5.92 Å². The summed E-state index contributed by atoms with van der Waals surface area (Å²) in [4.78, 5) is 38.4. The lowest BCUT2D eigenvalue weighted by Crippen LogP contribution is -2.47. The fourth-order valence-electron chi connectivity index (χ4n) is 3.33. The molecule has 0 saturated carbocycles. The Morgan fingerprint density at radius 1 is 1.32 bits per heavy atom. The Hall–Kier alpha value is -3.67. The second-order valence-electron chi connectivity index (χ2n) is 7.86. The number of nitrogens with zero attached hydrogens (tertiary/aromatic N) is 4. The first-order valence-electron chi connectivity index (χ1n) is 10.3. The number of hydrogen-bond donors (Lipinski definition) is 2. The normalized spacial score (nSPS) is 15.4. The quantitative estimate of drug-likeness (QED) is 0.741. The SMILES string of the molecule is CCC(=O)NCN1C[C@H](C)n2nc(-c3ccc(C#N)cc3NC(=O)C(C)C)cc2C1=O. The maximum absolute atomic E-state index is 13.0. The van der Waals surface area contributed by atoms with E-state index in [1.54, 1.807) is 54.6 Å². The van der Waals surface area contributed by atoms with Gasteiger partial charge in [0.2, 0.25) is 11.8 Å². The van der Waals surface area contributed by atoms with Crippen molar-refractivity contribution < 1.29 is 14.4 Å². The molecule has 0 saturated heterocycles. The fourth-order valence-corrected chi connectivity index (χ4v) is 3.33. The Kier molecular flexibility index (Phi) is 6.39. The summed E-state index contributed by atoms with van der Waals surface area (Å²) in [6, 6.07) is 8.63. The number of carbonyl (C=O) groups is 3. The zero-order valence-corrected chi connectivity index (χ0v) is 18.1. The molecule has 2 N–H and O–H groups in total. The number of amides is 3. The van der Waals surface area contributed by atoms with Crippen LogP contribution in [0.1, 0.15) is 56.2 Å². The molecule has 0 bridgehead atoms. The molecule has 3 amide bonds. The molecule has 162 valence electrons. The van der Waals surface area contributed by atoms with Crippen LogP contribution in [0.5, 0.6) is 0 Å². The van der Waals surface area contributed by atoms with Crippen LogP contribution in [-0.2, 0) is 9.59 Å². The van der Waals surface area contributed by atoms with Crippen molar-refractivity contribution in [2.75, 3.05) is 18.5 Å². The molecule has 2 heterocycles. The van der Waals surface area contributed by atoms with E-state index in [0.717, 1.165) is 0 Å². The molecule has 1 aliphatic rings. The number of fused-ring (bicyclic) bond motifs is 1. The molecular weight excluding hydrogens is 396 g/mol. The van der Waals surface area contributed by atoms with Crippen LogP contribution in [0.25, 0.3) is 11.3 Å². The summed E-state index contributed by atoms with van der Waals surface area (Å²) in [5.41, 5.74) is 2.44. The molecule has 1 aromatic heterocycles. The average Bonchev–Trinajstić information content (AvgIpc) is 3.20. The summed E-state index contributed by atoms with van der Waals surface area (Å²) >= 11 is 0. The van der Waals surface area contributed by atoms with E-state index in [2.05, 4.69) is 21.8 Å². The lowest BCUT2D eigenvalue weighted by atomic mass is 10.0. The van der Waals surface area contributed by atoms with Crippen molar-refractivity contribution in [3.05, 3.63) is 35.5 Å². The highest BCUT2D eigenvalue weighted by atomic mass is 16.2. The van der Waals surface area contributed by atoms with Crippen molar-refractivity contribution in [1.82, 2.24) is 20.0 Å². The third kappa shape index (κ3) is 4.58. The van der Waals surface area contributed by atoms with E-state index < -0.39 is 0 Å². The minimum Gasteiger partial charge on any atom is -0.338 e. The minimum atomic E-state index is -0.234. The Morgan fingerprint density at radius 3 is 2.71 bits per heavy atom. The number of nitrogens with one attached hydrogen (secondary N) is 2. The Labute approximate surface area is 181 Å². The van der Waals surface area contributed by atoms with Gasteiger partial charge in [0.1, 0.15) is 5.69 Å². The highest BCUT2D eigenvalue weighted by molar-refractivity contribution is 5.98. The maximum Gasteiger partial charge on any atom is 0.273 e. The predicted molar refractivity (Wildman–Crippen MR) is 115 cm³/mol. The van der Waals surface area contributed by atoms with Crippen molar-refractivity contribution >= 4 is 23.4 Å². The highest BCUT2D eigenvalue weighted by Crippen LogP contribution is 2.32. The van der Waals surface area contributed by atoms with Crippen molar-refractivity contribution in [2.45, 2.75) is 40.2 Å². The number of anilines is 1. The van der Waals surface area contributed by atoms with Gasteiger partial charge < -0.3 is 15.5 Å². The number of carbonyl (C=O) groups excluding carboxylic acids is 3. The van der Waals surface area contributed by atoms with Gasteiger partial charge >= 0.3 is 0 Å². The van der Waals surface area contributed by atoms with Gasteiger partial charge in [0.25, 0.3) is 5.91 Å². The summed E-state index contributed by atoms with van der Waals surface area (Å²) < 4.78 is 1.67. The van der Waals surface area contributed by atoms with Crippen molar-refractivity contribution in [3.8, 4) is 17.3 Å². The van der Waals surface area contributed by atoms with Crippen molar-refractivity contribution in [1.29, 1.82) is 5.26 Å². The topological polar surface area (TPSA) is 120 Å². The van der Waals surface area contributed by atoms with Crippen LogP contribution in [0.4, 0.5) is 5.69 Å². The largest absolute Gasteiger partial charge is 0.338 e. The Morgan fingerprint density at radius 2 is 2.06 bits per heavy atom. The van der Waals surface area contributed by atoms with Crippen LogP contribution >= 0.6 is 0 Å². The lowest BCUT2D eigenvalue weighted by molar-refractivity contribution is -0.121. The van der Waals surface area contributed by atoms with Gasteiger partial charge in [-0.25, -0.2) is 0 Å². The van der Waals surface area contributed by atoms with Gasteiger partial charge in [-0.3, -0.25) is 19.1 Å². The lowest BCUT2D eigenvalue weighted by Gasteiger charge is -2.31. The van der Waals surface area contributed by atoms with Crippen LogP contribution in [0, 0.1) is 17.2 Å². The van der Waals surface area contributed by atoms with Gasteiger partial charge in [0.15, 0.2) is 0 Å². The third-order valence-electron chi connectivity index (χ3n) is 5.14. The van der Waals surface area contributed by atoms with E-state index in [9.17, 15) is 19.6 Å². The van der Waals surface area contributed by atoms with Crippen LogP contribution in [0.2, 0.25) is 0 Å².